The first-order valence-electron chi connectivity index (χ1n) is 16.1. The summed E-state index contributed by atoms with van der Waals surface area (Å²) in [5.41, 5.74) is 2.97. The van der Waals surface area contributed by atoms with Crippen LogP contribution in [0.15, 0.2) is 77.5 Å². The van der Waals surface area contributed by atoms with Gasteiger partial charge >= 0.3 is 21.7 Å². The zero-order valence-corrected chi connectivity index (χ0v) is 31.2. The maximum absolute atomic E-state index is 3.86. The summed E-state index contributed by atoms with van der Waals surface area (Å²) in [6.45, 7) is 4.91. The van der Waals surface area contributed by atoms with Gasteiger partial charge in [-0.3, -0.25) is 6.08 Å². The number of hydrogen-bond acceptors (Lipinski definition) is 0. The molecule has 0 aromatic heterocycles. The van der Waals surface area contributed by atoms with E-state index in [1.807, 2.05) is 0 Å². The molecule has 0 radical (unpaired) electrons. The molecule has 1 unspecified atom stereocenters. The molecular formula is C37H55Cl3SiTi. The van der Waals surface area contributed by atoms with Gasteiger partial charge < -0.3 is 37.2 Å². The van der Waals surface area contributed by atoms with Crippen molar-refractivity contribution in [2.24, 2.45) is 0 Å². The predicted molar refractivity (Wildman–Crippen MR) is 172 cm³/mol. The fourth-order valence-electron chi connectivity index (χ4n) is 6.26. The molecule has 0 heterocycles. The molecule has 0 saturated heterocycles. The van der Waals surface area contributed by atoms with Gasteiger partial charge in [0.1, 0.15) is 0 Å². The molecule has 0 amide bonds. The third kappa shape index (κ3) is 16.2. The second kappa shape index (κ2) is 27.1. The van der Waals surface area contributed by atoms with Gasteiger partial charge in [-0.05, 0) is 0 Å². The molecule has 3 rings (SSSR count). The van der Waals surface area contributed by atoms with Gasteiger partial charge in [-0.25, -0.2) is 5.20 Å². The third-order valence-electron chi connectivity index (χ3n) is 8.68. The number of unbranched alkanes of at least 4 members (excludes halogenated alkanes) is 15. The Bertz CT molecular complexity index is 948. The minimum Gasteiger partial charge on any atom is -1.00 e. The van der Waals surface area contributed by atoms with E-state index in [0.717, 1.165) is 12.8 Å². The molecule has 2 aromatic carbocycles. The minimum atomic E-state index is -1.78. The summed E-state index contributed by atoms with van der Waals surface area (Å²) in [6, 6.07) is 23.8. The Morgan fingerprint density at radius 1 is 0.595 bits per heavy atom. The van der Waals surface area contributed by atoms with E-state index in [1.165, 1.54) is 114 Å². The molecule has 42 heavy (non-hydrogen) atoms. The molecule has 1 aliphatic rings. The van der Waals surface area contributed by atoms with Crippen LogP contribution in [0.4, 0.5) is 0 Å². The van der Waals surface area contributed by atoms with Gasteiger partial charge in [0.15, 0.2) is 0 Å². The molecule has 1 aliphatic carbocycles. The van der Waals surface area contributed by atoms with Crippen molar-refractivity contribution in [1.82, 2.24) is 0 Å². The molecule has 0 aliphatic heterocycles. The van der Waals surface area contributed by atoms with Crippen LogP contribution in [0.1, 0.15) is 122 Å². The standard InChI is InChI=1S/C37H55Si.3ClH.Ti/c1-3-4-5-6-7-8-9-10-11-12-13-14-15-16-17-24-32-38(2,36-29-22-19-23-30-36)37-31-25-28-35(37)33-34-26-20-18-21-27-34;;;;/h18-23,26-30H,3-17,24-25,32-33H2,1-2H3;3*1H;/q-1;;;;+4/p-3. The van der Waals surface area contributed by atoms with Crippen molar-refractivity contribution in [1.29, 1.82) is 0 Å². The van der Waals surface area contributed by atoms with E-state index in [-0.39, 0.29) is 58.9 Å². The Hall–Kier alpha value is -0.279. The van der Waals surface area contributed by atoms with Crippen LogP contribution in [0.5, 0.6) is 0 Å². The Balaban J connectivity index is 0. The Morgan fingerprint density at radius 2 is 1.02 bits per heavy atom. The Kier molecular flexibility index (Phi) is 28.3. The predicted octanol–water partition coefficient (Wildman–Crippen LogP) is 2.08. The molecule has 2 aromatic rings. The molecule has 0 fully saturated rings. The number of benzene rings is 2. The average molecular weight is 682 g/mol. The quantitative estimate of drug-likeness (QED) is 0.108. The van der Waals surface area contributed by atoms with Crippen LogP contribution in [-0.4, -0.2) is 8.07 Å². The third-order valence-corrected chi connectivity index (χ3v) is 13.2. The van der Waals surface area contributed by atoms with Crippen LogP contribution in [-0.2, 0) is 28.1 Å². The average Bonchev–Trinajstić information content (AvgIpc) is 3.42. The monoisotopic (exact) mass is 680 g/mol. The summed E-state index contributed by atoms with van der Waals surface area (Å²) in [7, 11) is -1.78. The molecule has 5 heteroatoms. The summed E-state index contributed by atoms with van der Waals surface area (Å²) in [5.74, 6) is 0. The van der Waals surface area contributed by atoms with Crippen molar-refractivity contribution in [2.75, 3.05) is 0 Å². The molecule has 0 nitrogen and oxygen atoms in total. The fourth-order valence-corrected chi connectivity index (χ4v) is 10.4. The van der Waals surface area contributed by atoms with E-state index in [4.69, 9.17) is 0 Å². The van der Waals surface area contributed by atoms with Crippen LogP contribution in [0, 0.1) is 6.08 Å². The topological polar surface area (TPSA) is 0 Å². The molecule has 1 atom stereocenters. The second-order valence-corrected chi connectivity index (χ2v) is 16.1. The van der Waals surface area contributed by atoms with Gasteiger partial charge in [-0.15, -0.1) is 6.42 Å². The summed E-state index contributed by atoms with van der Waals surface area (Å²) in [4.78, 5) is 0. The van der Waals surface area contributed by atoms with Crippen LogP contribution in [0.25, 0.3) is 0 Å². The normalized spacial score (nSPS) is 13.4. The SMILES string of the molecule is CCCCCCCCCCCCCCCCCC[Si](C)(C1=[C-]CC=C1Cc1ccccc1)c1ccccc1.[Cl-].[Cl-].[Cl-].[Ti+4]. The Labute approximate surface area is 294 Å². The van der Waals surface area contributed by atoms with Crippen LogP contribution >= 0.6 is 0 Å². The maximum Gasteiger partial charge on any atom is 4.00 e. The van der Waals surface area contributed by atoms with E-state index >= 15 is 0 Å². The van der Waals surface area contributed by atoms with Gasteiger partial charge in [-0.2, -0.15) is 11.6 Å². The first-order chi connectivity index (χ1) is 18.7. The smallest absolute Gasteiger partial charge is 1.00 e. The molecule has 0 spiro atoms. The van der Waals surface area contributed by atoms with E-state index in [9.17, 15) is 0 Å². The van der Waals surface area contributed by atoms with Crippen molar-refractivity contribution in [3.8, 4) is 0 Å². The molecule has 0 saturated carbocycles. The largest absolute Gasteiger partial charge is 4.00 e. The van der Waals surface area contributed by atoms with Gasteiger partial charge in [0.25, 0.3) is 0 Å². The summed E-state index contributed by atoms with van der Waals surface area (Å²) >= 11 is 0. The van der Waals surface area contributed by atoms with Crippen molar-refractivity contribution < 1.29 is 58.9 Å². The molecular weight excluding hydrogens is 627 g/mol. The number of halogens is 3. The van der Waals surface area contributed by atoms with Crippen molar-refractivity contribution in [2.45, 2.75) is 135 Å². The first-order valence-corrected chi connectivity index (χ1v) is 18.8. The zero-order valence-electron chi connectivity index (χ0n) is 26.4. The summed E-state index contributed by atoms with van der Waals surface area (Å²) in [6.07, 6.45) is 31.3. The van der Waals surface area contributed by atoms with Crippen molar-refractivity contribution >= 4 is 13.3 Å². The molecule has 0 bridgehead atoms. The summed E-state index contributed by atoms with van der Waals surface area (Å²) in [5, 5.41) is 3.18. The fraction of sp³-hybridized carbons (Fsp3) is 0.568. The van der Waals surface area contributed by atoms with Gasteiger partial charge in [0.05, 0.1) is 8.07 Å². The van der Waals surface area contributed by atoms with Gasteiger partial charge in [-0.1, -0.05) is 200 Å². The van der Waals surface area contributed by atoms with E-state index < -0.39 is 8.07 Å². The number of rotatable bonds is 21. The minimum absolute atomic E-state index is 0. The zero-order chi connectivity index (χ0) is 26.7. The van der Waals surface area contributed by atoms with E-state index in [1.54, 1.807) is 16.0 Å². The molecule has 0 N–H and O–H groups in total. The van der Waals surface area contributed by atoms with Crippen LogP contribution in [0.3, 0.4) is 0 Å². The van der Waals surface area contributed by atoms with Gasteiger partial charge in [0.2, 0.25) is 0 Å². The number of allylic oxidation sites excluding steroid dienone is 4. The summed E-state index contributed by atoms with van der Waals surface area (Å²) < 4.78 is 0. The number of hydrogen-bond donors (Lipinski definition) is 0. The van der Waals surface area contributed by atoms with Gasteiger partial charge in [0, 0.05) is 0 Å². The van der Waals surface area contributed by atoms with Crippen molar-refractivity contribution in [3.63, 3.8) is 0 Å². The van der Waals surface area contributed by atoms with Crippen molar-refractivity contribution in [3.05, 3.63) is 89.1 Å². The maximum atomic E-state index is 3.86. The van der Waals surface area contributed by atoms with E-state index in [0.29, 0.717) is 0 Å². The first kappa shape index (κ1) is 43.8. The Morgan fingerprint density at radius 3 is 1.50 bits per heavy atom. The second-order valence-electron chi connectivity index (χ2n) is 11.9. The van der Waals surface area contributed by atoms with E-state index in [2.05, 4.69) is 86.3 Å². The van der Waals surface area contributed by atoms with Crippen LogP contribution in [0.2, 0.25) is 12.6 Å². The van der Waals surface area contributed by atoms with Crippen LogP contribution < -0.4 is 42.4 Å². The molecule has 232 valence electrons.